The van der Waals surface area contributed by atoms with Crippen molar-refractivity contribution in [3.63, 3.8) is 0 Å². The average molecular weight is 236 g/mol. The Bertz CT molecular complexity index is 361. The van der Waals surface area contributed by atoms with Crippen LogP contribution in [0.4, 0.5) is 0 Å². The number of aromatic nitrogens is 1. The van der Waals surface area contributed by atoms with Gasteiger partial charge in [-0.05, 0) is 37.5 Å². The Hall–Kier alpha value is -1.42. The molecule has 0 spiro atoms. The molecule has 1 aromatic rings. The lowest BCUT2D eigenvalue weighted by Crippen LogP contribution is -2.52. The molecule has 0 aliphatic heterocycles. The van der Waals surface area contributed by atoms with Crippen LogP contribution in [0.5, 0.6) is 0 Å². The largest absolute Gasteiger partial charge is 0.480 e. The van der Waals surface area contributed by atoms with Gasteiger partial charge in [-0.15, -0.1) is 0 Å². The summed E-state index contributed by atoms with van der Waals surface area (Å²) in [5, 5.41) is 12.6. The van der Waals surface area contributed by atoms with Gasteiger partial charge in [0.05, 0.1) is 0 Å². The minimum absolute atomic E-state index is 0.00556. The zero-order valence-electron chi connectivity index (χ0n) is 10.6. The lowest BCUT2D eigenvalue weighted by atomic mass is 9.91. The number of carbonyl (C=O) groups is 1. The van der Waals surface area contributed by atoms with Gasteiger partial charge in [0.1, 0.15) is 5.54 Å². The Labute approximate surface area is 102 Å². The third-order valence-electron chi connectivity index (χ3n) is 3.32. The zero-order chi connectivity index (χ0) is 12.9. The maximum atomic E-state index is 11.4. The summed E-state index contributed by atoms with van der Waals surface area (Å²) in [4.78, 5) is 15.3. The summed E-state index contributed by atoms with van der Waals surface area (Å²) >= 11 is 0. The molecule has 0 radical (unpaired) electrons. The highest BCUT2D eigenvalue weighted by Gasteiger charge is 2.35. The summed E-state index contributed by atoms with van der Waals surface area (Å²) < 4.78 is 0. The normalized spacial score (nSPS) is 13.4. The number of aliphatic carboxylic acids is 1. The molecule has 0 aromatic carbocycles. The molecule has 0 amide bonds. The topological polar surface area (TPSA) is 62.2 Å². The fourth-order valence-corrected chi connectivity index (χ4v) is 1.97. The first-order chi connectivity index (χ1) is 8.05. The van der Waals surface area contributed by atoms with E-state index in [1.807, 2.05) is 32.9 Å². The van der Waals surface area contributed by atoms with Crippen molar-refractivity contribution in [2.24, 2.45) is 0 Å². The van der Waals surface area contributed by atoms with Crippen molar-refractivity contribution >= 4 is 5.97 Å². The first-order valence-corrected chi connectivity index (χ1v) is 5.96. The van der Waals surface area contributed by atoms with Crippen molar-refractivity contribution in [3.8, 4) is 0 Å². The average Bonchev–Trinajstić information content (AvgIpc) is 2.36. The summed E-state index contributed by atoms with van der Waals surface area (Å²) in [7, 11) is 0. The van der Waals surface area contributed by atoms with Gasteiger partial charge in [-0.2, -0.15) is 0 Å². The molecule has 0 saturated carbocycles. The number of nitrogens with one attached hydrogen (secondary N) is 1. The predicted octanol–water partition coefficient (Wildman–Crippen LogP) is 2.38. The molecule has 0 aliphatic carbocycles. The fraction of sp³-hybridized carbons (Fsp3) is 0.538. The number of carboxylic acid groups (broad SMARTS) is 1. The Morgan fingerprint density at radius 1 is 1.41 bits per heavy atom. The van der Waals surface area contributed by atoms with Crippen LogP contribution < -0.4 is 5.32 Å². The van der Waals surface area contributed by atoms with Gasteiger partial charge in [0, 0.05) is 18.4 Å². The van der Waals surface area contributed by atoms with Crippen LogP contribution in [0.15, 0.2) is 24.5 Å². The highest BCUT2D eigenvalue weighted by Crippen LogP contribution is 2.21. The van der Waals surface area contributed by atoms with Gasteiger partial charge in [0.2, 0.25) is 0 Å². The SMILES string of the molecule is CCC(CC)(NC(C)c1ccncc1)C(=O)O. The summed E-state index contributed by atoms with van der Waals surface area (Å²) in [5.41, 5.74) is 0.204. The first-order valence-electron chi connectivity index (χ1n) is 5.96. The summed E-state index contributed by atoms with van der Waals surface area (Å²) in [6, 6.07) is 3.79. The summed E-state index contributed by atoms with van der Waals surface area (Å²) in [6.45, 7) is 5.76. The number of carboxylic acids is 1. The number of rotatable bonds is 6. The number of hydrogen-bond donors (Lipinski definition) is 2. The summed E-state index contributed by atoms with van der Waals surface area (Å²) in [6.07, 6.45) is 4.56. The molecule has 1 aromatic heterocycles. The molecule has 1 unspecified atom stereocenters. The molecule has 1 atom stereocenters. The van der Waals surface area contributed by atoms with E-state index >= 15 is 0 Å². The molecule has 17 heavy (non-hydrogen) atoms. The smallest absolute Gasteiger partial charge is 0.323 e. The van der Waals surface area contributed by atoms with Crippen LogP contribution in [0, 0.1) is 0 Å². The van der Waals surface area contributed by atoms with Crippen molar-refractivity contribution in [1.82, 2.24) is 10.3 Å². The molecule has 2 N–H and O–H groups in total. The molecular weight excluding hydrogens is 216 g/mol. The van der Waals surface area contributed by atoms with Crippen molar-refractivity contribution < 1.29 is 9.90 Å². The van der Waals surface area contributed by atoms with E-state index in [2.05, 4.69) is 10.3 Å². The third-order valence-corrected chi connectivity index (χ3v) is 3.32. The monoisotopic (exact) mass is 236 g/mol. The Balaban J connectivity index is 2.85. The molecule has 0 bridgehead atoms. The zero-order valence-corrected chi connectivity index (χ0v) is 10.6. The number of hydrogen-bond acceptors (Lipinski definition) is 3. The number of nitrogens with zero attached hydrogens (tertiary/aromatic N) is 1. The molecule has 0 saturated heterocycles. The van der Waals surface area contributed by atoms with Crippen molar-refractivity contribution in [2.45, 2.75) is 45.2 Å². The van der Waals surface area contributed by atoms with Gasteiger partial charge < -0.3 is 5.11 Å². The molecule has 4 heteroatoms. The molecule has 1 rings (SSSR count). The maximum Gasteiger partial charge on any atom is 0.323 e. The Kier molecular flexibility index (Phi) is 4.63. The molecule has 4 nitrogen and oxygen atoms in total. The van der Waals surface area contributed by atoms with E-state index in [1.54, 1.807) is 12.4 Å². The van der Waals surface area contributed by atoms with Crippen LogP contribution in [0.1, 0.15) is 45.2 Å². The van der Waals surface area contributed by atoms with E-state index in [4.69, 9.17) is 0 Å². The Morgan fingerprint density at radius 2 is 1.94 bits per heavy atom. The first kappa shape index (κ1) is 13.6. The lowest BCUT2D eigenvalue weighted by Gasteiger charge is -2.31. The third kappa shape index (κ3) is 3.03. The van der Waals surface area contributed by atoms with Crippen LogP contribution in [0.2, 0.25) is 0 Å². The van der Waals surface area contributed by atoms with Crippen LogP contribution >= 0.6 is 0 Å². The highest BCUT2D eigenvalue weighted by atomic mass is 16.4. The van der Waals surface area contributed by atoms with Gasteiger partial charge >= 0.3 is 5.97 Å². The molecular formula is C13H20N2O2. The van der Waals surface area contributed by atoms with Crippen molar-refractivity contribution in [3.05, 3.63) is 30.1 Å². The van der Waals surface area contributed by atoms with Crippen LogP contribution in [0.3, 0.4) is 0 Å². The van der Waals surface area contributed by atoms with Gasteiger partial charge in [-0.25, -0.2) is 0 Å². The summed E-state index contributed by atoms with van der Waals surface area (Å²) in [5.74, 6) is -0.789. The molecule has 1 heterocycles. The minimum atomic E-state index is -0.845. The maximum absolute atomic E-state index is 11.4. The number of pyridine rings is 1. The minimum Gasteiger partial charge on any atom is -0.480 e. The molecule has 0 aliphatic rings. The van der Waals surface area contributed by atoms with Crippen molar-refractivity contribution in [1.29, 1.82) is 0 Å². The van der Waals surface area contributed by atoms with Crippen LogP contribution in [-0.4, -0.2) is 21.6 Å². The van der Waals surface area contributed by atoms with E-state index in [1.165, 1.54) is 0 Å². The second kappa shape index (κ2) is 5.77. The molecule has 94 valence electrons. The predicted molar refractivity (Wildman–Crippen MR) is 66.7 cm³/mol. The lowest BCUT2D eigenvalue weighted by molar-refractivity contribution is -0.145. The van der Waals surface area contributed by atoms with Crippen LogP contribution in [0.25, 0.3) is 0 Å². The van der Waals surface area contributed by atoms with E-state index in [-0.39, 0.29) is 6.04 Å². The fourth-order valence-electron chi connectivity index (χ4n) is 1.97. The van der Waals surface area contributed by atoms with E-state index in [9.17, 15) is 9.90 Å². The van der Waals surface area contributed by atoms with Gasteiger partial charge in [0.25, 0.3) is 0 Å². The second-order valence-corrected chi connectivity index (χ2v) is 4.24. The van der Waals surface area contributed by atoms with Gasteiger partial charge in [-0.3, -0.25) is 15.1 Å². The van der Waals surface area contributed by atoms with E-state index in [0.29, 0.717) is 12.8 Å². The second-order valence-electron chi connectivity index (χ2n) is 4.24. The quantitative estimate of drug-likeness (QED) is 0.796. The van der Waals surface area contributed by atoms with Crippen LogP contribution in [-0.2, 0) is 4.79 Å². The standard InChI is InChI=1S/C13H20N2O2/c1-4-13(5-2,12(16)17)15-10(3)11-6-8-14-9-7-11/h6-10,15H,4-5H2,1-3H3,(H,16,17). The Morgan fingerprint density at radius 3 is 2.35 bits per heavy atom. The van der Waals surface area contributed by atoms with Crippen molar-refractivity contribution in [2.75, 3.05) is 0 Å². The van der Waals surface area contributed by atoms with Gasteiger partial charge in [0.15, 0.2) is 0 Å². The molecule has 0 fully saturated rings. The highest BCUT2D eigenvalue weighted by molar-refractivity contribution is 5.78. The van der Waals surface area contributed by atoms with E-state index in [0.717, 1.165) is 5.56 Å². The van der Waals surface area contributed by atoms with E-state index < -0.39 is 11.5 Å². The van der Waals surface area contributed by atoms with Gasteiger partial charge in [-0.1, -0.05) is 13.8 Å².